The van der Waals surface area contributed by atoms with E-state index in [1.165, 1.54) is 0 Å². The van der Waals surface area contributed by atoms with Gasteiger partial charge in [0.15, 0.2) is 0 Å². The summed E-state index contributed by atoms with van der Waals surface area (Å²) in [5.41, 5.74) is 1.10. The van der Waals surface area contributed by atoms with Gasteiger partial charge in [0, 0.05) is 32.2 Å². The highest BCUT2D eigenvalue weighted by atomic mass is 79.9. The zero-order chi connectivity index (χ0) is 13.0. The first-order valence-electron chi connectivity index (χ1n) is 6.62. The number of nitrogens with one attached hydrogen (secondary N) is 1. The van der Waals surface area contributed by atoms with Gasteiger partial charge in [-0.05, 0) is 40.0 Å². The molecule has 1 N–H and O–H groups in total. The molecule has 1 saturated heterocycles. The lowest BCUT2D eigenvalue weighted by Crippen LogP contribution is -2.45. The van der Waals surface area contributed by atoms with E-state index in [-0.39, 0.29) is 5.82 Å². The molecule has 1 heterocycles. The van der Waals surface area contributed by atoms with E-state index in [9.17, 15) is 4.39 Å². The third-order valence-electron chi connectivity index (χ3n) is 3.48. The number of rotatable bonds is 4. The van der Waals surface area contributed by atoms with Crippen LogP contribution < -0.4 is 5.32 Å². The zero-order valence-corrected chi connectivity index (χ0v) is 12.3. The Labute approximate surface area is 117 Å². The molecule has 1 aromatic carbocycles. The highest BCUT2D eigenvalue weighted by Gasteiger charge is 2.21. The second-order valence-corrected chi connectivity index (χ2v) is 5.62. The first-order valence-corrected chi connectivity index (χ1v) is 7.41. The number of benzene rings is 1. The molecule has 1 aliphatic rings. The molecule has 100 valence electrons. The first-order chi connectivity index (χ1) is 8.72. The van der Waals surface area contributed by atoms with E-state index in [4.69, 9.17) is 0 Å². The van der Waals surface area contributed by atoms with Gasteiger partial charge in [-0.25, -0.2) is 4.39 Å². The SMILES string of the molecule is CCC[C@H](c1ccc(Br)c(F)c1)N1CCNCC1. The summed E-state index contributed by atoms with van der Waals surface area (Å²) >= 11 is 3.21. The average Bonchev–Trinajstić information content (AvgIpc) is 2.40. The summed E-state index contributed by atoms with van der Waals surface area (Å²) in [5.74, 6) is -0.163. The van der Waals surface area contributed by atoms with Gasteiger partial charge in [-0.1, -0.05) is 19.4 Å². The molecule has 2 nitrogen and oxygen atoms in total. The average molecular weight is 315 g/mol. The lowest BCUT2D eigenvalue weighted by molar-refractivity contribution is 0.164. The van der Waals surface area contributed by atoms with Crippen LogP contribution in [-0.2, 0) is 0 Å². The van der Waals surface area contributed by atoms with Gasteiger partial charge < -0.3 is 5.32 Å². The van der Waals surface area contributed by atoms with Crippen LogP contribution in [0.2, 0.25) is 0 Å². The second kappa shape index (κ2) is 6.64. The molecule has 2 rings (SSSR count). The molecule has 0 spiro atoms. The Morgan fingerprint density at radius 3 is 2.72 bits per heavy atom. The van der Waals surface area contributed by atoms with E-state index in [1.54, 1.807) is 6.07 Å². The van der Waals surface area contributed by atoms with Gasteiger partial charge in [-0.3, -0.25) is 4.90 Å². The molecule has 0 radical (unpaired) electrons. The number of nitrogens with zero attached hydrogens (tertiary/aromatic N) is 1. The van der Waals surface area contributed by atoms with Crippen LogP contribution in [0.1, 0.15) is 31.4 Å². The lowest BCUT2D eigenvalue weighted by Gasteiger charge is -2.35. The van der Waals surface area contributed by atoms with Crippen molar-refractivity contribution in [2.75, 3.05) is 26.2 Å². The minimum absolute atomic E-state index is 0.163. The molecule has 1 aliphatic heterocycles. The van der Waals surface area contributed by atoms with Crippen LogP contribution in [0.5, 0.6) is 0 Å². The topological polar surface area (TPSA) is 15.3 Å². The van der Waals surface area contributed by atoms with Crippen LogP contribution in [0.15, 0.2) is 22.7 Å². The van der Waals surface area contributed by atoms with Gasteiger partial charge in [0.05, 0.1) is 4.47 Å². The highest BCUT2D eigenvalue weighted by Crippen LogP contribution is 2.28. The van der Waals surface area contributed by atoms with Crippen molar-refractivity contribution in [3.8, 4) is 0 Å². The Bertz CT molecular complexity index is 391. The molecular weight excluding hydrogens is 295 g/mol. The van der Waals surface area contributed by atoms with E-state index in [1.807, 2.05) is 12.1 Å². The number of hydrogen-bond donors (Lipinski definition) is 1. The predicted molar refractivity (Wildman–Crippen MR) is 76.2 cm³/mol. The van der Waals surface area contributed by atoms with Gasteiger partial charge in [0.25, 0.3) is 0 Å². The van der Waals surface area contributed by atoms with Crippen molar-refractivity contribution in [2.24, 2.45) is 0 Å². The van der Waals surface area contributed by atoms with Gasteiger partial charge in [-0.15, -0.1) is 0 Å². The fourth-order valence-electron chi connectivity index (χ4n) is 2.55. The third-order valence-corrected chi connectivity index (χ3v) is 4.13. The van der Waals surface area contributed by atoms with Gasteiger partial charge in [0.1, 0.15) is 5.82 Å². The molecule has 1 atom stereocenters. The second-order valence-electron chi connectivity index (χ2n) is 4.76. The van der Waals surface area contributed by atoms with Crippen LogP contribution in [-0.4, -0.2) is 31.1 Å². The number of hydrogen-bond acceptors (Lipinski definition) is 2. The van der Waals surface area contributed by atoms with Crippen LogP contribution >= 0.6 is 15.9 Å². The maximum atomic E-state index is 13.7. The van der Waals surface area contributed by atoms with Crippen LogP contribution in [0, 0.1) is 5.82 Å². The molecule has 1 fully saturated rings. The Morgan fingerprint density at radius 1 is 1.39 bits per heavy atom. The van der Waals surface area contributed by atoms with Crippen molar-refractivity contribution in [3.63, 3.8) is 0 Å². The third kappa shape index (κ3) is 3.31. The summed E-state index contributed by atoms with van der Waals surface area (Å²) in [6.45, 7) is 6.33. The van der Waals surface area contributed by atoms with Crippen molar-refractivity contribution in [1.82, 2.24) is 10.2 Å². The van der Waals surface area contributed by atoms with E-state index in [0.29, 0.717) is 10.5 Å². The Kier molecular flexibility index (Phi) is 5.15. The molecule has 18 heavy (non-hydrogen) atoms. The summed E-state index contributed by atoms with van der Waals surface area (Å²) in [6.07, 6.45) is 2.20. The van der Waals surface area contributed by atoms with Crippen LogP contribution in [0.3, 0.4) is 0 Å². The van der Waals surface area contributed by atoms with Gasteiger partial charge in [-0.2, -0.15) is 0 Å². The summed E-state index contributed by atoms with van der Waals surface area (Å²) in [4.78, 5) is 2.46. The van der Waals surface area contributed by atoms with E-state index < -0.39 is 0 Å². The Balaban J connectivity index is 2.19. The monoisotopic (exact) mass is 314 g/mol. The molecule has 0 aliphatic carbocycles. The van der Waals surface area contributed by atoms with Crippen molar-refractivity contribution in [3.05, 3.63) is 34.1 Å². The summed E-state index contributed by atoms with van der Waals surface area (Å²) < 4.78 is 14.2. The van der Waals surface area contributed by atoms with Crippen LogP contribution in [0.4, 0.5) is 4.39 Å². The minimum atomic E-state index is -0.163. The van der Waals surface area contributed by atoms with Gasteiger partial charge in [0.2, 0.25) is 0 Å². The van der Waals surface area contributed by atoms with Crippen LogP contribution in [0.25, 0.3) is 0 Å². The zero-order valence-electron chi connectivity index (χ0n) is 10.8. The molecule has 0 unspecified atom stereocenters. The maximum absolute atomic E-state index is 13.7. The summed E-state index contributed by atoms with van der Waals surface area (Å²) in [6, 6.07) is 5.87. The quantitative estimate of drug-likeness (QED) is 0.917. The minimum Gasteiger partial charge on any atom is -0.314 e. The van der Waals surface area contributed by atoms with Crippen molar-refractivity contribution >= 4 is 15.9 Å². The Morgan fingerprint density at radius 2 is 2.11 bits per heavy atom. The first kappa shape index (κ1) is 14.0. The molecule has 0 aromatic heterocycles. The predicted octanol–water partition coefficient (Wildman–Crippen LogP) is 3.33. The summed E-state index contributed by atoms with van der Waals surface area (Å²) in [7, 11) is 0. The van der Waals surface area contributed by atoms with Crippen molar-refractivity contribution < 1.29 is 4.39 Å². The number of halogens is 2. The fourth-order valence-corrected chi connectivity index (χ4v) is 2.79. The van der Waals surface area contributed by atoms with E-state index >= 15 is 0 Å². The standard InChI is InChI=1S/C14H20BrFN2/c1-2-3-14(18-8-6-17-7-9-18)11-4-5-12(15)13(16)10-11/h4-5,10,14,17H,2-3,6-9H2,1H3/t14-/m1/s1. The molecule has 4 heteroatoms. The molecule has 0 amide bonds. The lowest BCUT2D eigenvalue weighted by atomic mass is 10.00. The fraction of sp³-hybridized carbons (Fsp3) is 0.571. The van der Waals surface area contributed by atoms with E-state index in [0.717, 1.165) is 44.6 Å². The van der Waals surface area contributed by atoms with Crippen molar-refractivity contribution in [2.45, 2.75) is 25.8 Å². The smallest absolute Gasteiger partial charge is 0.137 e. The largest absolute Gasteiger partial charge is 0.314 e. The number of piperazine rings is 1. The maximum Gasteiger partial charge on any atom is 0.137 e. The summed E-state index contributed by atoms with van der Waals surface area (Å²) in [5, 5.41) is 3.36. The Hall–Kier alpha value is -0.450. The molecule has 1 aromatic rings. The molecular formula is C14H20BrFN2. The molecule has 0 saturated carbocycles. The van der Waals surface area contributed by atoms with E-state index in [2.05, 4.69) is 33.1 Å². The normalized spacial score (nSPS) is 18.8. The molecule has 0 bridgehead atoms. The highest BCUT2D eigenvalue weighted by molar-refractivity contribution is 9.10. The van der Waals surface area contributed by atoms with Gasteiger partial charge >= 0.3 is 0 Å². The van der Waals surface area contributed by atoms with Crippen molar-refractivity contribution in [1.29, 1.82) is 0 Å².